The first-order valence-electron chi connectivity index (χ1n) is 5.19. The van der Waals surface area contributed by atoms with Gasteiger partial charge in [-0.05, 0) is 52.3 Å². The van der Waals surface area contributed by atoms with Crippen LogP contribution >= 0.6 is 15.9 Å². The van der Waals surface area contributed by atoms with Crippen molar-refractivity contribution >= 4 is 21.8 Å². The van der Waals surface area contributed by atoms with Crippen molar-refractivity contribution in [1.29, 1.82) is 0 Å². The Balaban J connectivity index is 2.28. The van der Waals surface area contributed by atoms with Crippen molar-refractivity contribution in [3.8, 4) is 11.5 Å². The standard InChI is InChI=1S/C13H8BrF2NO2/c14-9-6-8(2-3-10(9)15)19-12-4-1-7(13(17)18)5-11(12)16/h1-6H,(H2,17,18). The molecule has 0 saturated carbocycles. The fourth-order valence-corrected chi connectivity index (χ4v) is 1.76. The van der Waals surface area contributed by atoms with Crippen molar-refractivity contribution in [3.05, 3.63) is 58.1 Å². The number of hydrogen-bond donors (Lipinski definition) is 1. The molecule has 0 bridgehead atoms. The van der Waals surface area contributed by atoms with Gasteiger partial charge in [0.2, 0.25) is 5.91 Å². The Bertz CT molecular complexity index is 647. The molecule has 98 valence electrons. The number of nitrogens with two attached hydrogens (primary N) is 1. The van der Waals surface area contributed by atoms with Crippen LogP contribution in [0.1, 0.15) is 10.4 Å². The molecule has 6 heteroatoms. The summed E-state index contributed by atoms with van der Waals surface area (Å²) in [5.74, 6) is -1.72. The molecular formula is C13H8BrF2NO2. The maximum Gasteiger partial charge on any atom is 0.248 e. The molecule has 2 aromatic carbocycles. The third-order valence-electron chi connectivity index (χ3n) is 2.34. The zero-order valence-corrected chi connectivity index (χ0v) is 11.1. The molecule has 0 aliphatic heterocycles. The predicted octanol–water partition coefficient (Wildman–Crippen LogP) is 3.62. The van der Waals surface area contributed by atoms with E-state index in [-0.39, 0.29) is 21.5 Å². The third-order valence-corrected chi connectivity index (χ3v) is 2.94. The van der Waals surface area contributed by atoms with E-state index in [0.29, 0.717) is 0 Å². The first-order valence-corrected chi connectivity index (χ1v) is 5.99. The minimum atomic E-state index is -0.727. The second-order valence-corrected chi connectivity index (χ2v) is 4.54. The van der Waals surface area contributed by atoms with E-state index < -0.39 is 17.5 Å². The molecule has 19 heavy (non-hydrogen) atoms. The molecule has 2 N–H and O–H groups in total. The quantitative estimate of drug-likeness (QED) is 0.936. The lowest BCUT2D eigenvalue weighted by molar-refractivity contribution is 0.1000. The van der Waals surface area contributed by atoms with Crippen LogP contribution in [0.2, 0.25) is 0 Å². The third kappa shape index (κ3) is 3.08. The summed E-state index contributed by atoms with van der Waals surface area (Å²) < 4.78 is 32.2. The zero-order chi connectivity index (χ0) is 14.0. The van der Waals surface area contributed by atoms with Gasteiger partial charge in [-0.25, -0.2) is 8.78 Å². The molecule has 0 radical (unpaired) electrons. The summed E-state index contributed by atoms with van der Waals surface area (Å²) in [6, 6.07) is 7.54. The Hall–Kier alpha value is -1.95. The first kappa shape index (κ1) is 13.5. The number of primary amides is 1. The van der Waals surface area contributed by atoms with Crippen LogP contribution < -0.4 is 10.5 Å². The molecule has 2 rings (SSSR count). The molecule has 0 unspecified atom stereocenters. The average Bonchev–Trinajstić information content (AvgIpc) is 2.36. The number of hydrogen-bond acceptors (Lipinski definition) is 2. The van der Waals surface area contributed by atoms with Crippen LogP contribution in [0.4, 0.5) is 8.78 Å². The number of carbonyl (C=O) groups is 1. The highest BCUT2D eigenvalue weighted by atomic mass is 79.9. The predicted molar refractivity (Wildman–Crippen MR) is 69.1 cm³/mol. The van der Waals surface area contributed by atoms with Crippen LogP contribution in [-0.4, -0.2) is 5.91 Å². The molecule has 0 spiro atoms. The Morgan fingerprint density at radius 2 is 1.84 bits per heavy atom. The van der Waals surface area contributed by atoms with E-state index in [1.807, 2.05) is 0 Å². The lowest BCUT2D eigenvalue weighted by atomic mass is 10.2. The van der Waals surface area contributed by atoms with Gasteiger partial charge < -0.3 is 10.5 Å². The first-order chi connectivity index (χ1) is 8.97. The molecule has 0 heterocycles. The van der Waals surface area contributed by atoms with Gasteiger partial charge in [0, 0.05) is 5.56 Å². The second kappa shape index (κ2) is 5.36. The lowest BCUT2D eigenvalue weighted by Crippen LogP contribution is -2.11. The Kier molecular flexibility index (Phi) is 3.80. The monoisotopic (exact) mass is 327 g/mol. The van der Waals surface area contributed by atoms with E-state index in [2.05, 4.69) is 15.9 Å². The van der Waals surface area contributed by atoms with Crippen LogP contribution in [-0.2, 0) is 0 Å². The van der Waals surface area contributed by atoms with Crippen LogP contribution in [0.5, 0.6) is 11.5 Å². The molecule has 0 aliphatic rings. The maximum absolute atomic E-state index is 13.7. The molecule has 2 aromatic rings. The number of halogens is 3. The fraction of sp³-hybridized carbons (Fsp3) is 0. The summed E-state index contributed by atoms with van der Waals surface area (Å²) in [5, 5.41) is 0. The number of benzene rings is 2. The van der Waals surface area contributed by atoms with Gasteiger partial charge in [-0.3, -0.25) is 4.79 Å². The molecule has 0 saturated heterocycles. The van der Waals surface area contributed by atoms with E-state index in [1.54, 1.807) is 0 Å². The van der Waals surface area contributed by atoms with Gasteiger partial charge in [-0.1, -0.05) is 0 Å². The topological polar surface area (TPSA) is 52.3 Å². The van der Waals surface area contributed by atoms with E-state index in [1.165, 1.54) is 30.3 Å². The molecule has 0 atom stereocenters. The Morgan fingerprint density at radius 1 is 1.11 bits per heavy atom. The summed E-state index contributed by atoms with van der Waals surface area (Å²) in [5.41, 5.74) is 5.07. The van der Waals surface area contributed by atoms with Gasteiger partial charge in [-0.15, -0.1) is 0 Å². The van der Waals surface area contributed by atoms with Gasteiger partial charge >= 0.3 is 0 Å². The number of ether oxygens (including phenoxy) is 1. The summed E-state index contributed by atoms with van der Waals surface area (Å²) in [6.45, 7) is 0. The van der Waals surface area contributed by atoms with E-state index in [4.69, 9.17) is 10.5 Å². The minimum Gasteiger partial charge on any atom is -0.454 e. The van der Waals surface area contributed by atoms with Crippen molar-refractivity contribution < 1.29 is 18.3 Å². The lowest BCUT2D eigenvalue weighted by Gasteiger charge is -2.08. The highest BCUT2D eigenvalue weighted by Gasteiger charge is 2.10. The summed E-state index contributed by atoms with van der Waals surface area (Å²) in [6.07, 6.45) is 0. The summed E-state index contributed by atoms with van der Waals surface area (Å²) in [4.78, 5) is 10.9. The molecular weight excluding hydrogens is 320 g/mol. The van der Waals surface area contributed by atoms with Gasteiger partial charge in [-0.2, -0.15) is 0 Å². The number of carbonyl (C=O) groups excluding carboxylic acids is 1. The van der Waals surface area contributed by atoms with Gasteiger partial charge in [0.1, 0.15) is 11.6 Å². The summed E-state index contributed by atoms with van der Waals surface area (Å²) >= 11 is 3.00. The van der Waals surface area contributed by atoms with Crippen molar-refractivity contribution in [2.75, 3.05) is 0 Å². The smallest absolute Gasteiger partial charge is 0.248 e. The van der Waals surface area contributed by atoms with E-state index in [9.17, 15) is 13.6 Å². The molecule has 0 aromatic heterocycles. The van der Waals surface area contributed by atoms with Crippen molar-refractivity contribution in [1.82, 2.24) is 0 Å². The zero-order valence-electron chi connectivity index (χ0n) is 9.49. The molecule has 1 amide bonds. The van der Waals surface area contributed by atoms with Crippen LogP contribution in [0.25, 0.3) is 0 Å². The van der Waals surface area contributed by atoms with Gasteiger partial charge in [0.05, 0.1) is 4.47 Å². The number of amides is 1. The number of rotatable bonds is 3. The SMILES string of the molecule is NC(=O)c1ccc(Oc2ccc(F)c(Br)c2)c(F)c1. The Labute approximate surface area is 116 Å². The normalized spacial score (nSPS) is 10.3. The van der Waals surface area contributed by atoms with Crippen molar-refractivity contribution in [2.45, 2.75) is 0 Å². The van der Waals surface area contributed by atoms with Crippen LogP contribution in [0.15, 0.2) is 40.9 Å². The fourth-order valence-electron chi connectivity index (χ4n) is 1.40. The molecule has 0 fully saturated rings. The van der Waals surface area contributed by atoms with E-state index in [0.717, 1.165) is 6.07 Å². The molecule has 0 aliphatic carbocycles. The maximum atomic E-state index is 13.7. The highest BCUT2D eigenvalue weighted by molar-refractivity contribution is 9.10. The van der Waals surface area contributed by atoms with Crippen LogP contribution in [0, 0.1) is 11.6 Å². The largest absolute Gasteiger partial charge is 0.454 e. The van der Waals surface area contributed by atoms with Crippen molar-refractivity contribution in [2.24, 2.45) is 5.73 Å². The molecule has 3 nitrogen and oxygen atoms in total. The van der Waals surface area contributed by atoms with Crippen LogP contribution in [0.3, 0.4) is 0 Å². The van der Waals surface area contributed by atoms with Crippen molar-refractivity contribution in [3.63, 3.8) is 0 Å². The van der Waals surface area contributed by atoms with E-state index >= 15 is 0 Å². The average molecular weight is 328 g/mol. The summed E-state index contributed by atoms with van der Waals surface area (Å²) in [7, 11) is 0. The minimum absolute atomic E-state index is 0.0464. The Morgan fingerprint density at radius 3 is 2.42 bits per heavy atom. The van der Waals surface area contributed by atoms with Gasteiger partial charge in [0.15, 0.2) is 11.6 Å². The second-order valence-electron chi connectivity index (χ2n) is 3.69. The van der Waals surface area contributed by atoms with Gasteiger partial charge in [0.25, 0.3) is 0 Å². The highest BCUT2D eigenvalue weighted by Crippen LogP contribution is 2.28.